The summed E-state index contributed by atoms with van der Waals surface area (Å²) < 4.78 is 1.83. The maximum Gasteiger partial charge on any atom is 0.255 e. The lowest BCUT2D eigenvalue weighted by molar-refractivity contribution is -0.129. The predicted octanol–water partition coefficient (Wildman–Crippen LogP) is 2.87. The van der Waals surface area contributed by atoms with Crippen molar-refractivity contribution < 1.29 is 9.59 Å². The van der Waals surface area contributed by atoms with Gasteiger partial charge in [-0.1, -0.05) is 18.2 Å². The molecular formula is C25H33N7O2. The molecule has 1 aliphatic heterocycles. The zero-order valence-corrected chi connectivity index (χ0v) is 20.3. The van der Waals surface area contributed by atoms with Crippen LogP contribution in [-0.4, -0.2) is 64.7 Å². The molecule has 2 aromatic heterocycles. The van der Waals surface area contributed by atoms with Crippen molar-refractivity contribution in [2.24, 2.45) is 0 Å². The summed E-state index contributed by atoms with van der Waals surface area (Å²) in [6.07, 6.45) is 5.05. The van der Waals surface area contributed by atoms with E-state index in [9.17, 15) is 9.59 Å². The van der Waals surface area contributed by atoms with Crippen LogP contribution in [0.3, 0.4) is 0 Å². The van der Waals surface area contributed by atoms with Gasteiger partial charge in [0.25, 0.3) is 5.91 Å². The van der Waals surface area contributed by atoms with Gasteiger partial charge in [-0.25, -0.2) is 9.67 Å². The molecule has 0 aliphatic carbocycles. The van der Waals surface area contributed by atoms with Gasteiger partial charge >= 0.3 is 0 Å². The number of hydrogen-bond donors (Lipinski definition) is 2. The van der Waals surface area contributed by atoms with Gasteiger partial charge in [-0.2, -0.15) is 5.10 Å². The Hall–Kier alpha value is -3.62. The number of para-hydroxylation sites is 1. The van der Waals surface area contributed by atoms with Crippen molar-refractivity contribution in [2.45, 2.75) is 45.8 Å². The van der Waals surface area contributed by atoms with Crippen LogP contribution < -0.4 is 15.5 Å². The maximum atomic E-state index is 13.3. The molecule has 0 saturated carbocycles. The van der Waals surface area contributed by atoms with E-state index in [1.165, 1.54) is 0 Å². The van der Waals surface area contributed by atoms with Gasteiger partial charge in [-0.3, -0.25) is 9.59 Å². The largest absolute Gasteiger partial charge is 0.381 e. The molecule has 0 bridgehead atoms. The van der Waals surface area contributed by atoms with Crippen molar-refractivity contribution in [2.75, 3.05) is 37.4 Å². The average molecular weight is 464 g/mol. The molecule has 180 valence electrons. The maximum absolute atomic E-state index is 13.3. The Kier molecular flexibility index (Phi) is 7.00. The minimum absolute atomic E-state index is 0.104. The Morgan fingerprint density at radius 1 is 1.15 bits per heavy atom. The van der Waals surface area contributed by atoms with Crippen molar-refractivity contribution >= 4 is 34.2 Å². The van der Waals surface area contributed by atoms with Crippen molar-refractivity contribution in [3.63, 3.8) is 0 Å². The molecule has 34 heavy (non-hydrogen) atoms. The Labute approximate surface area is 200 Å². The first-order valence-corrected chi connectivity index (χ1v) is 11.8. The van der Waals surface area contributed by atoms with Crippen LogP contribution in [0, 0.1) is 0 Å². The number of piperidine rings is 1. The number of nitrogens with zero attached hydrogens (tertiary/aromatic N) is 5. The summed E-state index contributed by atoms with van der Waals surface area (Å²) in [4.78, 5) is 33.5. The van der Waals surface area contributed by atoms with Gasteiger partial charge < -0.3 is 20.4 Å². The van der Waals surface area contributed by atoms with Gasteiger partial charge in [0.1, 0.15) is 0 Å². The highest BCUT2D eigenvalue weighted by atomic mass is 16.2. The van der Waals surface area contributed by atoms with Crippen LogP contribution >= 0.6 is 0 Å². The smallest absolute Gasteiger partial charge is 0.255 e. The third kappa shape index (κ3) is 4.83. The first-order chi connectivity index (χ1) is 16.4. The molecule has 3 heterocycles. The summed E-state index contributed by atoms with van der Waals surface area (Å²) in [5.41, 5.74) is 4.11. The van der Waals surface area contributed by atoms with Crippen LogP contribution in [-0.2, 0) is 17.9 Å². The molecule has 1 saturated heterocycles. The van der Waals surface area contributed by atoms with E-state index in [1.807, 2.05) is 59.8 Å². The number of carbonyl (C=O) groups is 2. The third-order valence-electron chi connectivity index (χ3n) is 6.41. The number of anilines is 2. The third-order valence-corrected chi connectivity index (χ3v) is 6.41. The first-order valence-electron chi connectivity index (χ1n) is 11.8. The predicted molar refractivity (Wildman–Crippen MR) is 134 cm³/mol. The highest BCUT2D eigenvalue weighted by Crippen LogP contribution is 2.29. The molecule has 2 N–H and O–H groups in total. The van der Waals surface area contributed by atoms with Gasteiger partial charge in [0.2, 0.25) is 5.91 Å². The fourth-order valence-corrected chi connectivity index (χ4v) is 4.50. The van der Waals surface area contributed by atoms with Crippen molar-refractivity contribution in [1.29, 1.82) is 0 Å². The van der Waals surface area contributed by atoms with Gasteiger partial charge in [0.05, 0.1) is 22.8 Å². The number of nitrogens with one attached hydrogen (secondary N) is 2. The number of pyridine rings is 1. The van der Waals surface area contributed by atoms with Crippen LogP contribution in [0.15, 0.2) is 36.7 Å². The number of aromatic nitrogens is 3. The van der Waals surface area contributed by atoms with E-state index in [0.29, 0.717) is 31.7 Å². The lowest BCUT2D eigenvalue weighted by Crippen LogP contribution is -2.41. The van der Waals surface area contributed by atoms with Crippen molar-refractivity contribution in [3.8, 4) is 0 Å². The van der Waals surface area contributed by atoms with Crippen LogP contribution in [0.1, 0.15) is 42.6 Å². The van der Waals surface area contributed by atoms with E-state index in [1.54, 1.807) is 19.3 Å². The topological polar surface area (TPSA) is 95.4 Å². The normalized spacial score (nSPS) is 14.3. The van der Waals surface area contributed by atoms with E-state index in [-0.39, 0.29) is 17.9 Å². The lowest BCUT2D eigenvalue weighted by atomic mass is 10.0. The molecule has 1 aliphatic rings. The fourth-order valence-electron chi connectivity index (χ4n) is 4.50. The number of carbonyl (C=O) groups excluding carboxylic acids is 2. The molecular weight excluding hydrogens is 430 g/mol. The zero-order chi connectivity index (χ0) is 24.2. The van der Waals surface area contributed by atoms with Crippen LogP contribution in [0.4, 0.5) is 11.4 Å². The van der Waals surface area contributed by atoms with E-state index < -0.39 is 0 Å². The van der Waals surface area contributed by atoms with Gasteiger partial charge in [-0.05, 0) is 31.4 Å². The quantitative estimate of drug-likeness (QED) is 0.560. The standard InChI is InChI=1S/C25H33N7O2/c1-5-32-24-20(16-28-32)23(29-19-10-12-31(13-11-19)17(2)33)21(15-26-24)25(34)27-14-18-8-6-7-9-22(18)30(3)4/h6-9,15-16,19H,5,10-14H2,1-4H3,(H,26,29)(H,27,34). The summed E-state index contributed by atoms with van der Waals surface area (Å²) in [6, 6.07) is 8.18. The molecule has 0 atom stereocenters. The van der Waals surface area contributed by atoms with Gasteiger partial charge in [0.15, 0.2) is 5.65 Å². The number of rotatable bonds is 7. The SMILES string of the molecule is CCn1ncc2c(NC3CCN(C(C)=O)CC3)c(C(=O)NCc3ccccc3N(C)C)cnc21. The Balaban J connectivity index is 1.59. The molecule has 9 nitrogen and oxygen atoms in total. The van der Waals surface area contributed by atoms with Crippen molar-refractivity contribution in [3.05, 3.63) is 47.8 Å². The molecule has 2 amide bonds. The van der Waals surface area contributed by atoms with E-state index in [2.05, 4.69) is 20.7 Å². The van der Waals surface area contributed by atoms with Crippen LogP contribution in [0.2, 0.25) is 0 Å². The number of amides is 2. The minimum Gasteiger partial charge on any atom is -0.381 e. The molecule has 0 spiro atoms. The molecule has 0 radical (unpaired) electrons. The lowest BCUT2D eigenvalue weighted by Gasteiger charge is -2.32. The highest BCUT2D eigenvalue weighted by molar-refractivity contribution is 6.06. The summed E-state index contributed by atoms with van der Waals surface area (Å²) >= 11 is 0. The number of fused-ring (bicyclic) bond motifs is 1. The summed E-state index contributed by atoms with van der Waals surface area (Å²) in [5, 5.41) is 12.0. The van der Waals surface area contributed by atoms with E-state index in [4.69, 9.17) is 0 Å². The Morgan fingerprint density at radius 2 is 1.88 bits per heavy atom. The Morgan fingerprint density at radius 3 is 2.56 bits per heavy atom. The summed E-state index contributed by atoms with van der Waals surface area (Å²) in [5.74, 6) is -0.0806. The molecule has 1 fully saturated rings. The van der Waals surface area contributed by atoms with E-state index in [0.717, 1.165) is 40.8 Å². The summed E-state index contributed by atoms with van der Waals surface area (Å²) in [7, 11) is 3.98. The van der Waals surface area contributed by atoms with Crippen LogP contribution in [0.25, 0.3) is 11.0 Å². The minimum atomic E-state index is -0.184. The number of aryl methyl sites for hydroxylation is 1. The molecule has 0 unspecified atom stereocenters. The van der Waals surface area contributed by atoms with Gasteiger partial charge in [-0.15, -0.1) is 0 Å². The monoisotopic (exact) mass is 463 g/mol. The summed E-state index contributed by atoms with van der Waals surface area (Å²) in [6.45, 7) is 6.14. The first kappa shape index (κ1) is 23.5. The second-order valence-electron chi connectivity index (χ2n) is 8.87. The number of benzene rings is 1. The van der Waals surface area contributed by atoms with Crippen molar-refractivity contribution in [1.82, 2.24) is 25.0 Å². The molecule has 9 heteroatoms. The van der Waals surface area contributed by atoms with Gasteiger partial charge in [0, 0.05) is 65.1 Å². The zero-order valence-electron chi connectivity index (χ0n) is 20.3. The Bertz CT molecular complexity index is 1180. The molecule has 3 aromatic rings. The van der Waals surface area contributed by atoms with Crippen LogP contribution in [0.5, 0.6) is 0 Å². The second kappa shape index (κ2) is 10.1. The van der Waals surface area contributed by atoms with E-state index >= 15 is 0 Å². The number of likely N-dealkylation sites (tertiary alicyclic amines) is 1. The molecule has 4 rings (SSSR count). The highest BCUT2D eigenvalue weighted by Gasteiger charge is 2.24. The number of hydrogen-bond acceptors (Lipinski definition) is 6. The molecule has 1 aromatic carbocycles. The average Bonchev–Trinajstić information content (AvgIpc) is 3.27. The fraction of sp³-hybridized carbons (Fsp3) is 0.440. The second-order valence-corrected chi connectivity index (χ2v) is 8.87.